The number of hydrogen-bond acceptors (Lipinski definition) is 6. The Morgan fingerprint density at radius 1 is 1.15 bits per heavy atom. The third-order valence-corrected chi connectivity index (χ3v) is 6.28. The molecule has 0 radical (unpaired) electrons. The molecular weight excluding hydrogens is 514 g/mol. The molecule has 0 amide bonds. The van der Waals surface area contributed by atoms with Gasteiger partial charge in [-0.15, -0.1) is 0 Å². The lowest BCUT2D eigenvalue weighted by Gasteiger charge is -2.38. The Kier molecular flexibility index (Phi) is 7.72. The second kappa shape index (κ2) is 10.2. The van der Waals surface area contributed by atoms with E-state index in [1.54, 1.807) is 19.3 Å². The van der Waals surface area contributed by atoms with Crippen molar-refractivity contribution >= 4 is 29.4 Å². The van der Waals surface area contributed by atoms with E-state index >= 15 is 0 Å². The number of ether oxygens (including phenoxy) is 4. The highest BCUT2D eigenvalue weighted by molar-refractivity contribution is 6.32. The minimum Gasteiger partial charge on any atom is -1.00 e. The quantitative estimate of drug-likeness (QED) is 0.233. The van der Waals surface area contributed by atoms with Crippen molar-refractivity contribution in [2.75, 3.05) is 41.1 Å². The number of halogens is 2. The first-order valence-corrected chi connectivity index (χ1v) is 10.6. The van der Waals surface area contributed by atoms with E-state index in [1.807, 2.05) is 25.2 Å². The summed E-state index contributed by atoms with van der Waals surface area (Å²) >= 11 is 6.22. The van der Waals surface area contributed by atoms with Gasteiger partial charge in [-0.2, -0.15) is 0 Å². The number of allylic oxidation sites excluding steroid dienone is 1. The highest BCUT2D eigenvalue weighted by Gasteiger charge is 2.40. The lowest BCUT2D eigenvalue weighted by molar-refractivity contribution is -0.917. The number of carbonyl (C=O) groups is 2. The number of likely N-dealkylation sites (N-methyl/N-ethyl adjacent to an activating group) is 1. The smallest absolute Gasteiger partial charge is 0.361 e. The molecule has 2 aliphatic heterocycles. The fraction of sp³-hybridized carbons (Fsp3) is 0.333. The molecule has 1 unspecified atom stereocenters. The fourth-order valence-electron chi connectivity index (χ4n) is 4.33. The SMILES string of the molecule is COC(=O)C[N+]1(C)CCc2c(c(OC)c3c(c2C(=O)C=Cc2ccccc2Cl)OCO3)C1.[Br-]. The maximum Gasteiger partial charge on any atom is 0.361 e. The van der Waals surface area contributed by atoms with Crippen molar-refractivity contribution in [2.24, 2.45) is 0 Å². The number of fused-ring (bicyclic) bond motifs is 2. The summed E-state index contributed by atoms with van der Waals surface area (Å²) in [4.78, 5) is 25.3. The molecule has 0 saturated heterocycles. The van der Waals surface area contributed by atoms with Crippen LogP contribution in [0.3, 0.4) is 0 Å². The maximum atomic E-state index is 13.4. The van der Waals surface area contributed by atoms with E-state index in [0.717, 1.165) is 16.7 Å². The summed E-state index contributed by atoms with van der Waals surface area (Å²) in [7, 11) is 4.94. The molecule has 2 aromatic carbocycles. The van der Waals surface area contributed by atoms with Gasteiger partial charge in [0.15, 0.2) is 23.8 Å². The number of carbonyl (C=O) groups excluding carboxylic acids is 2. The van der Waals surface area contributed by atoms with E-state index in [-0.39, 0.29) is 42.1 Å². The molecule has 0 aromatic heterocycles. The van der Waals surface area contributed by atoms with Crippen LogP contribution in [0.25, 0.3) is 6.08 Å². The number of nitrogens with zero attached hydrogens (tertiary/aromatic N) is 1. The topological polar surface area (TPSA) is 71.1 Å². The van der Waals surface area contributed by atoms with Crippen molar-refractivity contribution in [3.8, 4) is 17.2 Å². The van der Waals surface area contributed by atoms with Gasteiger partial charge in [-0.1, -0.05) is 29.8 Å². The predicted molar refractivity (Wildman–Crippen MR) is 119 cm³/mol. The van der Waals surface area contributed by atoms with Crippen LogP contribution in [0.2, 0.25) is 5.02 Å². The van der Waals surface area contributed by atoms with Crippen molar-refractivity contribution < 1.29 is 50.0 Å². The van der Waals surface area contributed by atoms with Crippen molar-refractivity contribution in [2.45, 2.75) is 13.0 Å². The molecule has 0 saturated carbocycles. The first-order valence-electron chi connectivity index (χ1n) is 10.3. The third-order valence-electron chi connectivity index (χ3n) is 5.94. The minimum absolute atomic E-state index is 0. The van der Waals surface area contributed by atoms with Crippen molar-refractivity contribution in [3.63, 3.8) is 0 Å². The summed E-state index contributed by atoms with van der Waals surface area (Å²) in [5, 5.41) is 0.564. The summed E-state index contributed by atoms with van der Waals surface area (Å²) in [6.07, 6.45) is 3.78. The summed E-state index contributed by atoms with van der Waals surface area (Å²) in [6.45, 7) is 1.40. The Balaban J connectivity index is 0.00000306. The van der Waals surface area contributed by atoms with Gasteiger partial charge in [-0.05, 0) is 29.3 Å². The first-order chi connectivity index (χ1) is 15.4. The zero-order valence-corrected chi connectivity index (χ0v) is 21.0. The number of quaternary nitrogens is 1. The Hall–Kier alpha value is -2.55. The second-order valence-electron chi connectivity index (χ2n) is 8.13. The molecule has 2 aromatic rings. The molecule has 0 fully saturated rings. The molecule has 9 heteroatoms. The number of methoxy groups -OCH3 is 2. The maximum absolute atomic E-state index is 13.4. The Labute approximate surface area is 208 Å². The predicted octanol–water partition coefficient (Wildman–Crippen LogP) is 0.653. The van der Waals surface area contributed by atoms with Crippen LogP contribution < -0.4 is 31.2 Å². The van der Waals surface area contributed by atoms with Gasteiger partial charge in [-0.3, -0.25) is 4.79 Å². The molecule has 4 rings (SSSR count). The standard InChI is InChI=1S/C24H25ClNO6.BrH/c1-26(13-20(28)29-2)11-10-16-17(12-26)22(30-3)24-23(31-14-32-24)21(16)19(27)9-8-15-6-4-5-7-18(15)25;/h4-9H,10-14H2,1-3H3;1H/q+1;/p-1. The molecule has 0 aliphatic carbocycles. The average molecular weight is 539 g/mol. The Bertz CT molecular complexity index is 1120. The largest absolute Gasteiger partial charge is 1.00 e. The minimum atomic E-state index is -0.283. The first kappa shape index (κ1) is 25.1. The van der Waals surface area contributed by atoms with Crippen LogP contribution in [0.5, 0.6) is 17.2 Å². The van der Waals surface area contributed by atoms with Gasteiger partial charge in [0.25, 0.3) is 0 Å². The number of hydrogen-bond donors (Lipinski definition) is 0. The van der Waals surface area contributed by atoms with Crippen LogP contribution in [0, 0.1) is 0 Å². The lowest BCUT2D eigenvalue weighted by atomic mass is 9.89. The van der Waals surface area contributed by atoms with Crippen LogP contribution in [-0.2, 0) is 22.5 Å². The molecule has 2 aliphatic rings. The van der Waals surface area contributed by atoms with E-state index in [9.17, 15) is 9.59 Å². The normalized spacial score (nSPS) is 18.4. The van der Waals surface area contributed by atoms with E-state index < -0.39 is 0 Å². The van der Waals surface area contributed by atoms with Gasteiger partial charge in [-0.25, -0.2) is 4.79 Å². The number of ketones is 1. The molecule has 176 valence electrons. The van der Waals surface area contributed by atoms with E-state index in [2.05, 4.69) is 0 Å². The van der Waals surface area contributed by atoms with Gasteiger partial charge in [0.05, 0.1) is 38.9 Å². The molecule has 7 nitrogen and oxygen atoms in total. The molecule has 33 heavy (non-hydrogen) atoms. The van der Waals surface area contributed by atoms with E-state index in [1.165, 1.54) is 13.2 Å². The second-order valence-corrected chi connectivity index (χ2v) is 8.54. The van der Waals surface area contributed by atoms with Gasteiger partial charge in [0.2, 0.25) is 12.5 Å². The van der Waals surface area contributed by atoms with Crippen LogP contribution in [0.4, 0.5) is 0 Å². The third kappa shape index (κ3) is 4.88. The van der Waals surface area contributed by atoms with E-state index in [0.29, 0.717) is 51.8 Å². The fourth-order valence-corrected chi connectivity index (χ4v) is 4.53. The summed E-state index contributed by atoms with van der Waals surface area (Å²) in [5.74, 6) is 0.892. The van der Waals surface area contributed by atoms with Crippen LogP contribution in [0.1, 0.15) is 27.0 Å². The monoisotopic (exact) mass is 537 g/mol. The zero-order valence-electron chi connectivity index (χ0n) is 18.7. The molecule has 2 heterocycles. The van der Waals surface area contributed by atoms with Crippen LogP contribution in [-0.4, -0.2) is 57.4 Å². The summed E-state index contributed by atoms with van der Waals surface area (Å²) in [5.41, 5.74) is 2.94. The van der Waals surface area contributed by atoms with Gasteiger partial charge < -0.3 is 40.4 Å². The highest BCUT2D eigenvalue weighted by atomic mass is 79.9. The highest BCUT2D eigenvalue weighted by Crippen LogP contribution is 2.50. The summed E-state index contributed by atoms with van der Waals surface area (Å²) < 4.78 is 22.4. The zero-order chi connectivity index (χ0) is 22.9. The van der Waals surface area contributed by atoms with Crippen molar-refractivity contribution in [1.29, 1.82) is 0 Å². The van der Waals surface area contributed by atoms with Gasteiger partial charge in [0, 0.05) is 11.4 Å². The van der Waals surface area contributed by atoms with Crippen LogP contribution >= 0.6 is 11.6 Å². The van der Waals surface area contributed by atoms with Crippen LogP contribution in [0.15, 0.2) is 30.3 Å². The van der Waals surface area contributed by atoms with Gasteiger partial charge >= 0.3 is 5.97 Å². The Morgan fingerprint density at radius 3 is 2.58 bits per heavy atom. The summed E-state index contributed by atoms with van der Waals surface area (Å²) in [6, 6.07) is 7.31. The molecule has 1 atom stereocenters. The van der Waals surface area contributed by atoms with Crippen molar-refractivity contribution in [3.05, 3.63) is 57.6 Å². The molecule has 0 spiro atoms. The van der Waals surface area contributed by atoms with Crippen molar-refractivity contribution in [1.82, 2.24) is 0 Å². The molecule has 0 bridgehead atoms. The lowest BCUT2D eigenvalue weighted by Crippen LogP contribution is -3.00. The number of rotatable bonds is 6. The van der Waals surface area contributed by atoms with E-state index in [4.69, 9.17) is 30.5 Å². The number of esters is 1. The number of benzene rings is 2. The van der Waals surface area contributed by atoms with Gasteiger partial charge in [0.1, 0.15) is 6.54 Å². The Morgan fingerprint density at radius 2 is 1.88 bits per heavy atom. The molecular formula is C24H25BrClNO6. The molecule has 0 N–H and O–H groups in total. The average Bonchev–Trinajstić information content (AvgIpc) is 3.25.